The van der Waals surface area contributed by atoms with Crippen LogP contribution in [-0.4, -0.2) is 23.0 Å². The zero-order chi connectivity index (χ0) is 13.2. The molecule has 98 valence electrons. The normalized spacial score (nSPS) is 18.5. The van der Waals surface area contributed by atoms with Gasteiger partial charge < -0.3 is 10.6 Å². The fourth-order valence-corrected chi connectivity index (χ4v) is 2.29. The lowest BCUT2D eigenvalue weighted by Crippen LogP contribution is -2.45. The molecule has 1 heterocycles. The molecule has 4 heteroatoms. The number of aromatic nitrogens is 1. The van der Waals surface area contributed by atoms with Gasteiger partial charge in [-0.05, 0) is 45.2 Å². The van der Waals surface area contributed by atoms with E-state index < -0.39 is 0 Å². The van der Waals surface area contributed by atoms with E-state index in [1.54, 1.807) is 0 Å². The molecule has 1 unspecified atom stereocenters. The predicted octanol–water partition coefficient (Wildman–Crippen LogP) is 1.57. The van der Waals surface area contributed by atoms with E-state index in [1.807, 2.05) is 33.0 Å². The molecule has 0 bridgehead atoms. The molecule has 4 nitrogen and oxygen atoms in total. The maximum absolute atomic E-state index is 11.7. The topological polar surface area (TPSA) is 54.0 Å². The highest BCUT2D eigenvalue weighted by Crippen LogP contribution is 2.28. The molecule has 1 aromatic rings. The van der Waals surface area contributed by atoms with Gasteiger partial charge >= 0.3 is 0 Å². The van der Waals surface area contributed by atoms with Gasteiger partial charge in [-0.1, -0.05) is 6.07 Å². The van der Waals surface area contributed by atoms with Crippen LogP contribution in [0.1, 0.15) is 44.5 Å². The third-order valence-corrected chi connectivity index (χ3v) is 2.98. The van der Waals surface area contributed by atoms with E-state index in [0.717, 1.165) is 18.5 Å². The first-order valence-corrected chi connectivity index (χ1v) is 6.44. The summed E-state index contributed by atoms with van der Waals surface area (Å²) in [6.07, 6.45) is 3.88. The van der Waals surface area contributed by atoms with Crippen molar-refractivity contribution in [1.29, 1.82) is 0 Å². The molecule has 2 rings (SSSR count). The van der Waals surface area contributed by atoms with Crippen LogP contribution in [0.25, 0.3) is 0 Å². The number of carbonyl (C=O) groups excluding carboxylic acids is 1. The molecule has 0 spiro atoms. The molecule has 1 aliphatic rings. The van der Waals surface area contributed by atoms with Crippen molar-refractivity contribution < 1.29 is 4.79 Å². The summed E-state index contributed by atoms with van der Waals surface area (Å²) in [6.45, 7) is 6.30. The Morgan fingerprint density at radius 2 is 2.28 bits per heavy atom. The number of fused-ring (bicyclic) bond motifs is 1. The third kappa shape index (κ3) is 3.29. The summed E-state index contributed by atoms with van der Waals surface area (Å²) in [6, 6.07) is 4.29. The molecule has 0 saturated carbocycles. The number of aryl methyl sites for hydroxylation is 1. The minimum atomic E-state index is -0.176. The predicted molar refractivity (Wildman–Crippen MR) is 71.2 cm³/mol. The third-order valence-electron chi connectivity index (χ3n) is 2.98. The average Bonchev–Trinajstić information content (AvgIpc) is 2.67. The fraction of sp³-hybridized carbons (Fsp3) is 0.571. The van der Waals surface area contributed by atoms with Crippen molar-refractivity contribution in [3.8, 4) is 0 Å². The van der Waals surface area contributed by atoms with Crippen LogP contribution in [-0.2, 0) is 11.2 Å². The molecular weight excluding hydrogens is 226 g/mol. The van der Waals surface area contributed by atoms with Gasteiger partial charge in [-0.25, -0.2) is 0 Å². The van der Waals surface area contributed by atoms with Crippen molar-refractivity contribution in [2.24, 2.45) is 0 Å². The zero-order valence-corrected chi connectivity index (χ0v) is 11.3. The van der Waals surface area contributed by atoms with Crippen LogP contribution < -0.4 is 10.6 Å². The number of carbonyl (C=O) groups is 1. The lowest BCUT2D eigenvalue weighted by atomic mass is 10.1. The Labute approximate surface area is 108 Å². The largest absolute Gasteiger partial charge is 0.350 e. The van der Waals surface area contributed by atoms with Crippen LogP contribution in [0.3, 0.4) is 0 Å². The summed E-state index contributed by atoms with van der Waals surface area (Å²) >= 11 is 0. The molecule has 2 N–H and O–H groups in total. The molecular formula is C14H21N3O. The van der Waals surface area contributed by atoms with Gasteiger partial charge in [-0.2, -0.15) is 0 Å². The average molecular weight is 247 g/mol. The Balaban J connectivity index is 1.87. The molecule has 18 heavy (non-hydrogen) atoms. The van der Waals surface area contributed by atoms with Crippen LogP contribution in [0.4, 0.5) is 0 Å². The number of nitrogens with zero attached hydrogens (tertiary/aromatic N) is 1. The first-order valence-electron chi connectivity index (χ1n) is 6.44. The summed E-state index contributed by atoms with van der Waals surface area (Å²) in [5, 5.41) is 6.23. The molecule has 1 atom stereocenters. The first kappa shape index (κ1) is 13.0. The number of rotatable bonds is 3. The second kappa shape index (κ2) is 5.06. The number of pyridine rings is 1. The van der Waals surface area contributed by atoms with E-state index in [-0.39, 0.29) is 17.5 Å². The molecule has 0 saturated heterocycles. The zero-order valence-electron chi connectivity index (χ0n) is 11.3. The second-order valence-electron chi connectivity index (χ2n) is 5.82. The summed E-state index contributed by atoms with van der Waals surface area (Å²) in [5.74, 6) is 0.0341. The molecule has 1 aliphatic carbocycles. The number of hydrogen-bond donors (Lipinski definition) is 2. The van der Waals surface area contributed by atoms with Gasteiger partial charge in [0.1, 0.15) is 0 Å². The summed E-state index contributed by atoms with van der Waals surface area (Å²) in [7, 11) is 0. The highest BCUT2D eigenvalue weighted by Gasteiger charge is 2.24. The van der Waals surface area contributed by atoms with Crippen LogP contribution in [0.15, 0.2) is 18.3 Å². The van der Waals surface area contributed by atoms with E-state index in [0.29, 0.717) is 6.54 Å². The number of amides is 1. The first-order chi connectivity index (χ1) is 8.46. The van der Waals surface area contributed by atoms with E-state index >= 15 is 0 Å². The summed E-state index contributed by atoms with van der Waals surface area (Å²) in [4.78, 5) is 16.1. The minimum Gasteiger partial charge on any atom is -0.350 e. The SMILES string of the molecule is CC(C)(C)NC(=O)CNC1CCc2cccnc21. The lowest BCUT2D eigenvalue weighted by molar-refractivity contribution is -0.121. The van der Waals surface area contributed by atoms with Gasteiger partial charge in [0.05, 0.1) is 18.3 Å². The Morgan fingerprint density at radius 3 is 3.00 bits per heavy atom. The van der Waals surface area contributed by atoms with Gasteiger partial charge in [-0.3, -0.25) is 9.78 Å². The van der Waals surface area contributed by atoms with Gasteiger partial charge in [-0.15, -0.1) is 0 Å². The highest BCUT2D eigenvalue weighted by atomic mass is 16.2. The molecule has 0 fully saturated rings. The standard InChI is InChI=1S/C14H21N3O/c1-14(2,3)17-12(18)9-16-11-7-6-10-5-4-8-15-13(10)11/h4-5,8,11,16H,6-7,9H2,1-3H3,(H,17,18). The van der Waals surface area contributed by atoms with E-state index in [1.165, 1.54) is 5.56 Å². The number of hydrogen-bond acceptors (Lipinski definition) is 3. The Kier molecular flexibility index (Phi) is 3.66. The van der Waals surface area contributed by atoms with Crippen LogP contribution in [0, 0.1) is 0 Å². The Hall–Kier alpha value is -1.42. The van der Waals surface area contributed by atoms with Crippen molar-refractivity contribution in [2.75, 3.05) is 6.54 Å². The number of nitrogens with one attached hydrogen (secondary N) is 2. The minimum absolute atomic E-state index is 0.0341. The van der Waals surface area contributed by atoms with Crippen molar-refractivity contribution in [1.82, 2.24) is 15.6 Å². The van der Waals surface area contributed by atoms with Crippen molar-refractivity contribution in [2.45, 2.75) is 45.2 Å². The highest BCUT2D eigenvalue weighted by molar-refractivity contribution is 5.78. The van der Waals surface area contributed by atoms with Crippen molar-refractivity contribution in [3.63, 3.8) is 0 Å². The molecule has 1 amide bonds. The van der Waals surface area contributed by atoms with Gasteiger partial charge in [0.15, 0.2) is 0 Å². The maximum atomic E-state index is 11.7. The van der Waals surface area contributed by atoms with Gasteiger partial charge in [0.25, 0.3) is 0 Å². The smallest absolute Gasteiger partial charge is 0.234 e. The lowest BCUT2D eigenvalue weighted by Gasteiger charge is -2.21. The quantitative estimate of drug-likeness (QED) is 0.852. The van der Waals surface area contributed by atoms with Crippen LogP contribution in [0.5, 0.6) is 0 Å². The second-order valence-corrected chi connectivity index (χ2v) is 5.82. The maximum Gasteiger partial charge on any atom is 0.234 e. The van der Waals surface area contributed by atoms with Crippen molar-refractivity contribution in [3.05, 3.63) is 29.6 Å². The van der Waals surface area contributed by atoms with Crippen LogP contribution in [0.2, 0.25) is 0 Å². The Bertz CT molecular complexity index is 437. The van der Waals surface area contributed by atoms with Crippen molar-refractivity contribution >= 4 is 5.91 Å². The van der Waals surface area contributed by atoms with Gasteiger partial charge in [0, 0.05) is 11.7 Å². The molecule has 0 aliphatic heterocycles. The fourth-order valence-electron chi connectivity index (χ4n) is 2.29. The monoisotopic (exact) mass is 247 g/mol. The van der Waals surface area contributed by atoms with Crippen LogP contribution >= 0.6 is 0 Å². The molecule has 0 aromatic carbocycles. The van der Waals surface area contributed by atoms with E-state index in [4.69, 9.17) is 0 Å². The van der Waals surface area contributed by atoms with Gasteiger partial charge in [0.2, 0.25) is 5.91 Å². The Morgan fingerprint density at radius 1 is 1.50 bits per heavy atom. The summed E-state index contributed by atoms with van der Waals surface area (Å²) in [5.41, 5.74) is 2.22. The molecule has 1 aromatic heterocycles. The molecule has 0 radical (unpaired) electrons. The van der Waals surface area contributed by atoms with E-state index in [2.05, 4.69) is 21.7 Å². The summed E-state index contributed by atoms with van der Waals surface area (Å²) < 4.78 is 0. The van der Waals surface area contributed by atoms with E-state index in [9.17, 15) is 4.79 Å².